The molecule has 1 aromatic heterocycles. The van der Waals surface area contributed by atoms with Crippen LogP contribution in [0.4, 0.5) is 0 Å². The number of nitrogens with one attached hydrogen (secondary N) is 2. The summed E-state index contributed by atoms with van der Waals surface area (Å²) in [6.45, 7) is 1.60. The highest BCUT2D eigenvalue weighted by molar-refractivity contribution is 9.10. The summed E-state index contributed by atoms with van der Waals surface area (Å²) < 4.78 is 1.03. The third-order valence-electron chi connectivity index (χ3n) is 2.89. The van der Waals surface area contributed by atoms with Crippen LogP contribution in [0.15, 0.2) is 34.1 Å². The quantitative estimate of drug-likeness (QED) is 0.645. The summed E-state index contributed by atoms with van der Waals surface area (Å²) in [4.78, 5) is 16.3. The molecule has 2 N–H and O–H groups in total. The smallest absolute Gasteiger partial charge is 0.226 e. The van der Waals surface area contributed by atoms with Crippen LogP contribution in [0.1, 0.15) is 12.1 Å². The molecular weight excluding hydrogens is 421 g/mol. The molecule has 0 aliphatic heterocycles. The summed E-state index contributed by atoms with van der Waals surface area (Å²) in [6.07, 6.45) is 1.27. The zero-order chi connectivity index (χ0) is 15.1. The van der Waals surface area contributed by atoms with Crippen LogP contribution in [0.3, 0.4) is 0 Å². The van der Waals surface area contributed by atoms with Crippen molar-refractivity contribution in [3.63, 3.8) is 0 Å². The van der Waals surface area contributed by atoms with Gasteiger partial charge < -0.3 is 10.6 Å². The molecule has 0 aliphatic carbocycles. The van der Waals surface area contributed by atoms with Crippen LogP contribution in [0, 0.1) is 0 Å². The van der Waals surface area contributed by atoms with Crippen molar-refractivity contribution in [2.24, 2.45) is 0 Å². The van der Waals surface area contributed by atoms with Gasteiger partial charge in [0.25, 0.3) is 0 Å². The van der Waals surface area contributed by atoms with Crippen molar-refractivity contribution in [3.8, 4) is 10.6 Å². The average Bonchev–Trinajstić information content (AvgIpc) is 2.92. The molecule has 0 bridgehead atoms. The van der Waals surface area contributed by atoms with E-state index in [1.165, 1.54) is 0 Å². The minimum absolute atomic E-state index is 0. The van der Waals surface area contributed by atoms with Crippen LogP contribution < -0.4 is 10.6 Å². The lowest BCUT2D eigenvalue weighted by Crippen LogP contribution is -2.28. The van der Waals surface area contributed by atoms with E-state index in [-0.39, 0.29) is 30.7 Å². The molecule has 1 amide bonds. The van der Waals surface area contributed by atoms with E-state index in [2.05, 4.69) is 31.5 Å². The monoisotopic (exact) mass is 439 g/mol. The van der Waals surface area contributed by atoms with Crippen LogP contribution in [-0.4, -0.2) is 31.0 Å². The fourth-order valence-electron chi connectivity index (χ4n) is 1.86. The number of carbonyl (C=O) groups is 1. The van der Waals surface area contributed by atoms with Gasteiger partial charge in [-0.15, -0.1) is 36.2 Å². The van der Waals surface area contributed by atoms with E-state index < -0.39 is 0 Å². The molecule has 23 heavy (non-hydrogen) atoms. The minimum atomic E-state index is 0. The van der Waals surface area contributed by atoms with Crippen molar-refractivity contribution in [2.75, 3.05) is 20.1 Å². The van der Waals surface area contributed by atoms with E-state index in [4.69, 9.17) is 0 Å². The molecule has 128 valence electrons. The van der Waals surface area contributed by atoms with Crippen LogP contribution in [-0.2, 0) is 11.2 Å². The van der Waals surface area contributed by atoms with Crippen molar-refractivity contribution in [2.45, 2.75) is 12.8 Å². The number of nitrogens with zero attached hydrogens (tertiary/aromatic N) is 1. The van der Waals surface area contributed by atoms with Gasteiger partial charge in [0.15, 0.2) is 0 Å². The van der Waals surface area contributed by atoms with Crippen molar-refractivity contribution in [1.82, 2.24) is 15.6 Å². The lowest BCUT2D eigenvalue weighted by atomic mass is 10.2. The van der Waals surface area contributed by atoms with Crippen molar-refractivity contribution >= 4 is 58.0 Å². The number of rotatable bonds is 7. The highest BCUT2D eigenvalue weighted by Crippen LogP contribution is 2.26. The summed E-state index contributed by atoms with van der Waals surface area (Å²) in [5.41, 5.74) is 1.89. The highest BCUT2D eigenvalue weighted by Gasteiger charge is 2.09. The maximum atomic E-state index is 11.8. The summed E-state index contributed by atoms with van der Waals surface area (Å²) in [5, 5.41) is 8.84. The SMILES string of the molecule is CNCCCNC(=O)Cc1csc(-c2cccc(Br)c2)n1.Cl.Cl. The molecule has 2 rings (SSSR count). The van der Waals surface area contributed by atoms with Gasteiger partial charge in [-0.25, -0.2) is 4.98 Å². The Hall–Kier alpha value is -0.660. The highest BCUT2D eigenvalue weighted by atomic mass is 79.9. The first-order chi connectivity index (χ1) is 10.2. The number of halogens is 3. The van der Waals surface area contributed by atoms with Gasteiger partial charge in [-0.2, -0.15) is 0 Å². The fraction of sp³-hybridized carbons (Fsp3) is 0.333. The second-order valence-electron chi connectivity index (χ2n) is 4.64. The molecule has 0 saturated carbocycles. The van der Waals surface area contributed by atoms with Crippen molar-refractivity contribution < 1.29 is 4.79 Å². The molecule has 8 heteroatoms. The van der Waals surface area contributed by atoms with E-state index in [1.807, 2.05) is 36.7 Å². The standard InChI is InChI=1S/C15H18BrN3OS.2ClH/c1-17-6-3-7-18-14(20)9-13-10-21-15(19-13)11-4-2-5-12(16)8-11;;/h2,4-5,8,10,17H,3,6-7,9H2,1H3,(H,18,20);2*1H. The number of amides is 1. The van der Waals surface area contributed by atoms with Gasteiger partial charge in [0, 0.05) is 22.0 Å². The van der Waals surface area contributed by atoms with Gasteiger partial charge in [-0.1, -0.05) is 28.1 Å². The lowest BCUT2D eigenvalue weighted by Gasteiger charge is -2.03. The van der Waals surface area contributed by atoms with Gasteiger partial charge in [-0.3, -0.25) is 4.79 Å². The lowest BCUT2D eigenvalue weighted by molar-refractivity contribution is -0.120. The number of hydrogen-bond donors (Lipinski definition) is 2. The predicted octanol–water partition coefficient (Wildman–Crippen LogP) is 3.68. The third kappa shape index (κ3) is 7.63. The predicted molar refractivity (Wildman–Crippen MR) is 105 cm³/mol. The average molecular weight is 441 g/mol. The Morgan fingerprint density at radius 3 is 2.78 bits per heavy atom. The molecule has 0 radical (unpaired) electrons. The van der Waals surface area contributed by atoms with Crippen molar-refractivity contribution in [3.05, 3.63) is 39.8 Å². The summed E-state index contributed by atoms with van der Waals surface area (Å²) >= 11 is 5.02. The maximum Gasteiger partial charge on any atom is 0.226 e. The second kappa shape index (κ2) is 11.8. The molecule has 0 unspecified atom stereocenters. The van der Waals surface area contributed by atoms with Crippen LogP contribution in [0.25, 0.3) is 10.6 Å². The first-order valence-electron chi connectivity index (χ1n) is 6.80. The van der Waals surface area contributed by atoms with E-state index >= 15 is 0 Å². The molecule has 4 nitrogen and oxygen atoms in total. The van der Waals surface area contributed by atoms with Crippen LogP contribution >= 0.6 is 52.1 Å². The Morgan fingerprint density at radius 2 is 2.09 bits per heavy atom. The Morgan fingerprint density at radius 1 is 1.30 bits per heavy atom. The van der Waals surface area contributed by atoms with Crippen LogP contribution in [0.2, 0.25) is 0 Å². The Bertz CT molecular complexity index is 610. The minimum Gasteiger partial charge on any atom is -0.356 e. The summed E-state index contributed by atoms with van der Waals surface area (Å²) in [7, 11) is 1.90. The number of benzene rings is 1. The molecule has 1 heterocycles. The van der Waals surface area contributed by atoms with Gasteiger partial charge in [-0.05, 0) is 32.1 Å². The fourth-order valence-corrected chi connectivity index (χ4v) is 3.08. The summed E-state index contributed by atoms with van der Waals surface area (Å²) in [6, 6.07) is 8.01. The Kier molecular flexibility index (Phi) is 11.5. The molecule has 2 aromatic rings. The molecule has 0 spiro atoms. The molecular formula is C15H20BrCl2N3OS. The topological polar surface area (TPSA) is 54.0 Å². The van der Waals surface area contributed by atoms with E-state index in [0.29, 0.717) is 13.0 Å². The normalized spacial score (nSPS) is 9.65. The molecule has 0 atom stereocenters. The van der Waals surface area contributed by atoms with Crippen molar-refractivity contribution in [1.29, 1.82) is 0 Å². The van der Waals surface area contributed by atoms with Gasteiger partial charge in [0.2, 0.25) is 5.91 Å². The second-order valence-corrected chi connectivity index (χ2v) is 6.41. The molecule has 1 aromatic carbocycles. The molecule has 0 fully saturated rings. The number of hydrogen-bond acceptors (Lipinski definition) is 4. The first kappa shape index (κ1) is 22.3. The molecule has 0 saturated heterocycles. The number of thiazole rings is 1. The van der Waals surface area contributed by atoms with Gasteiger partial charge in [0.05, 0.1) is 12.1 Å². The van der Waals surface area contributed by atoms with E-state index in [0.717, 1.165) is 33.7 Å². The largest absolute Gasteiger partial charge is 0.356 e. The van der Waals surface area contributed by atoms with Gasteiger partial charge in [0.1, 0.15) is 5.01 Å². The van der Waals surface area contributed by atoms with E-state index in [9.17, 15) is 4.79 Å². The van der Waals surface area contributed by atoms with Gasteiger partial charge >= 0.3 is 0 Å². The zero-order valence-electron chi connectivity index (χ0n) is 12.7. The molecule has 0 aliphatic rings. The Labute approximate surface area is 161 Å². The first-order valence-corrected chi connectivity index (χ1v) is 8.48. The van der Waals surface area contributed by atoms with E-state index in [1.54, 1.807) is 11.3 Å². The number of carbonyl (C=O) groups excluding carboxylic acids is 1. The summed E-state index contributed by atoms with van der Waals surface area (Å²) in [5.74, 6) is 0.0252. The third-order valence-corrected chi connectivity index (χ3v) is 4.32. The maximum absolute atomic E-state index is 11.8. The Balaban J connectivity index is 0.00000242. The van der Waals surface area contributed by atoms with Crippen LogP contribution in [0.5, 0.6) is 0 Å². The zero-order valence-corrected chi connectivity index (χ0v) is 16.7. The number of aromatic nitrogens is 1.